The van der Waals surface area contributed by atoms with Gasteiger partial charge in [-0.15, -0.1) is 5.10 Å². The van der Waals surface area contributed by atoms with Crippen molar-refractivity contribution in [2.45, 2.75) is 27.2 Å². The fourth-order valence-corrected chi connectivity index (χ4v) is 2.58. The first-order chi connectivity index (χ1) is 11.6. The van der Waals surface area contributed by atoms with Crippen LogP contribution in [-0.2, 0) is 6.42 Å². The third-order valence-electron chi connectivity index (χ3n) is 4.08. The Morgan fingerprint density at radius 3 is 2.50 bits per heavy atom. The lowest BCUT2D eigenvalue weighted by Crippen LogP contribution is -2.15. The number of nitrogens with one attached hydrogen (secondary N) is 1. The minimum Gasteiger partial charge on any atom is -0.321 e. The summed E-state index contributed by atoms with van der Waals surface area (Å²) >= 11 is 0. The highest BCUT2D eigenvalue weighted by atomic mass is 16.2. The molecule has 1 aromatic heterocycles. The largest absolute Gasteiger partial charge is 0.321 e. The topological polar surface area (TPSA) is 59.8 Å². The van der Waals surface area contributed by atoms with Gasteiger partial charge < -0.3 is 5.32 Å². The molecule has 5 nitrogen and oxygen atoms in total. The quantitative estimate of drug-likeness (QED) is 0.797. The Balaban J connectivity index is 1.90. The standard InChI is InChI=1S/C19H20N4O/c1-4-17-18(21-22-23(17)16-8-6-5-7-9-16)19(24)20-15-11-10-13(2)14(3)12-15/h5-12H,4H2,1-3H3,(H,20,24). The fraction of sp³-hybridized carbons (Fsp3) is 0.211. The number of amides is 1. The lowest BCUT2D eigenvalue weighted by molar-refractivity contribution is 0.102. The molecule has 0 radical (unpaired) electrons. The second kappa shape index (κ2) is 6.66. The monoisotopic (exact) mass is 320 g/mol. The summed E-state index contributed by atoms with van der Waals surface area (Å²) in [6, 6.07) is 15.5. The van der Waals surface area contributed by atoms with E-state index in [1.807, 2.05) is 69.3 Å². The highest BCUT2D eigenvalue weighted by Gasteiger charge is 2.19. The Bertz CT molecular complexity index is 868. The van der Waals surface area contributed by atoms with Gasteiger partial charge in [-0.25, -0.2) is 4.68 Å². The van der Waals surface area contributed by atoms with Crippen molar-refractivity contribution in [3.8, 4) is 5.69 Å². The molecule has 1 heterocycles. The molecule has 0 unspecified atom stereocenters. The molecule has 0 saturated heterocycles. The van der Waals surface area contributed by atoms with Gasteiger partial charge in [0, 0.05) is 5.69 Å². The van der Waals surface area contributed by atoms with E-state index in [0.29, 0.717) is 12.1 Å². The van der Waals surface area contributed by atoms with Crippen LogP contribution in [0.2, 0.25) is 0 Å². The van der Waals surface area contributed by atoms with E-state index in [4.69, 9.17) is 0 Å². The third-order valence-corrected chi connectivity index (χ3v) is 4.08. The van der Waals surface area contributed by atoms with Crippen molar-refractivity contribution in [2.75, 3.05) is 5.32 Å². The van der Waals surface area contributed by atoms with Gasteiger partial charge in [0.05, 0.1) is 11.4 Å². The van der Waals surface area contributed by atoms with Crippen molar-refractivity contribution >= 4 is 11.6 Å². The van der Waals surface area contributed by atoms with Crippen LogP contribution in [0.25, 0.3) is 5.69 Å². The first-order valence-corrected chi connectivity index (χ1v) is 7.98. The van der Waals surface area contributed by atoms with Crippen molar-refractivity contribution in [3.63, 3.8) is 0 Å². The maximum Gasteiger partial charge on any atom is 0.278 e. The number of nitrogens with zero attached hydrogens (tertiary/aromatic N) is 3. The van der Waals surface area contributed by atoms with Crippen LogP contribution in [0.15, 0.2) is 48.5 Å². The predicted octanol–water partition coefficient (Wildman–Crippen LogP) is 3.70. The number of anilines is 1. The molecule has 5 heteroatoms. The maximum absolute atomic E-state index is 12.6. The Labute approximate surface area is 141 Å². The Kier molecular flexibility index (Phi) is 4.42. The molecule has 0 saturated carbocycles. The van der Waals surface area contributed by atoms with Crippen LogP contribution in [0.5, 0.6) is 0 Å². The van der Waals surface area contributed by atoms with Crippen LogP contribution in [0.3, 0.4) is 0 Å². The molecule has 3 aromatic rings. The second-order valence-corrected chi connectivity index (χ2v) is 5.74. The average molecular weight is 320 g/mol. The van der Waals surface area contributed by atoms with Crippen molar-refractivity contribution in [3.05, 3.63) is 71.0 Å². The van der Waals surface area contributed by atoms with Gasteiger partial charge in [0.25, 0.3) is 5.91 Å². The first-order valence-electron chi connectivity index (χ1n) is 7.98. The lowest BCUT2D eigenvalue weighted by Gasteiger charge is -2.08. The number of hydrogen-bond acceptors (Lipinski definition) is 3. The molecule has 0 aliphatic carbocycles. The molecule has 0 atom stereocenters. The van der Waals surface area contributed by atoms with Crippen molar-refractivity contribution in [1.82, 2.24) is 15.0 Å². The number of para-hydroxylation sites is 1. The number of aryl methyl sites for hydroxylation is 2. The van der Waals surface area contributed by atoms with Gasteiger partial charge in [-0.3, -0.25) is 4.79 Å². The number of carbonyl (C=O) groups is 1. The number of carbonyl (C=O) groups excluding carboxylic acids is 1. The van der Waals surface area contributed by atoms with E-state index in [1.165, 1.54) is 5.56 Å². The van der Waals surface area contributed by atoms with Crippen LogP contribution in [0.1, 0.15) is 34.2 Å². The molecule has 3 rings (SSSR count). The van der Waals surface area contributed by atoms with Gasteiger partial charge in [0.2, 0.25) is 0 Å². The summed E-state index contributed by atoms with van der Waals surface area (Å²) in [7, 11) is 0. The fourth-order valence-electron chi connectivity index (χ4n) is 2.58. The predicted molar refractivity (Wildman–Crippen MR) is 94.6 cm³/mol. The Morgan fingerprint density at radius 1 is 1.08 bits per heavy atom. The zero-order valence-corrected chi connectivity index (χ0v) is 14.1. The van der Waals surface area contributed by atoms with Crippen molar-refractivity contribution < 1.29 is 4.79 Å². The van der Waals surface area contributed by atoms with E-state index in [-0.39, 0.29) is 5.91 Å². The normalized spacial score (nSPS) is 10.6. The number of rotatable bonds is 4. The molecule has 1 amide bonds. The van der Waals surface area contributed by atoms with E-state index in [9.17, 15) is 4.79 Å². The highest BCUT2D eigenvalue weighted by molar-refractivity contribution is 6.03. The number of hydrogen-bond donors (Lipinski definition) is 1. The summed E-state index contributed by atoms with van der Waals surface area (Å²) < 4.78 is 1.72. The number of benzene rings is 2. The van der Waals surface area contributed by atoms with Crippen molar-refractivity contribution in [1.29, 1.82) is 0 Å². The van der Waals surface area contributed by atoms with E-state index in [0.717, 1.165) is 22.6 Å². The molecular formula is C19H20N4O. The second-order valence-electron chi connectivity index (χ2n) is 5.74. The van der Waals surface area contributed by atoms with Crippen LogP contribution in [-0.4, -0.2) is 20.9 Å². The molecule has 0 bridgehead atoms. The van der Waals surface area contributed by atoms with E-state index >= 15 is 0 Å². The Morgan fingerprint density at radius 2 is 1.83 bits per heavy atom. The van der Waals surface area contributed by atoms with Crippen LogP contribution in [0, 0.1) is 13.8 Å². The van der Waals surface area contributed by atoms with Gasteiger partial charge in [-0.1, -0.05) is 36.4 Å². The lowest BCUT2D eigenvalue weighted by atomic mass is 10.1. The molecule has 1 N–H and O–H groups in total. The zero-order valence-electron chi connectivity index (χ0n) is 14.1. The van der Waals surface area contributed by atoms with E-state index in [1.54, 1.807) is 4.68 Å². The summed E-state index contributed by atoms with van der Waals surface area (Å²) in [5.74, 6) is -0.239. The molecular weight excluding hydrogens is 300 g/mol. The minimum absolute atomic E-state index is 0.239. The Hall–Kier alpha value is -2.95. The smallest absolute Gasteiger partial charge is 0.278 e. The van der Waals surface area contributed by atoms with E-state index < -0.39 is 0 Å². The van der Waals surface area contributed by atoms with E-state index in [2.05, 4.69) is 15.6 Å². The number of aromatic nitrogens is 3. The molecule has 0 spiro atoms. The summed E-state index contributed by atoms with van der Waals surface area (Å²) in [5, 5.41) is 11.2. The highest BCUT2D eigenvalue weighted by Crippen LogP contribution is 2.17. The van der Waals surface area contributed by atoms with Gasteiger partial charge in [0.15, 0.2) is 5.69 Å². The van der Waals surface area contributed by atoms with Crippen LogP contribution < -0.4 is 5.32 Å². The van der Waals surface area contributed by atoms with Crippen LogP contribution in [0.4, 0.5) is 5.69 Å². The van der Waals surface area contributed by atoms with Gasteiger partial charge in [-0.2, -0.15) is 0 Å². The first kappa shape index (κ1) is 15.9. The average Bonchev–Trinajstić information content (AvgIpc) is 3.03. The minimum atomic E-state index is -0.239. The molecule has 0 fully saturated rings. The molecule has 0 aliphatic rings. The van der Waals surface area contributed by atoms with Gasteiger partial charge in [-0.05, 0) is 55.7 Å². The zero-order chi connectivity index (χ0) is 17.1. The third kappa shape index (κ3) is 3.06. The molecule has 0 aliphatic heterocycles. The summed E-state index contributed by atoms with van der Waals surface area (Å²) in [6.07, 6.45) is 0.664. The molecule has 2 aromatic carbocycles. The van der Waals surface area contributed by atoms with Crippen molar-refractivity contribution in [2.24, 2.45) is 0 Å². The summed E-state index contributed by atoms with van der Waals surface area (Å²) in [4.78, 5) is 12.6. The van der Waals surface area contributed by atoms with Crippen LogP contribution >= 0.6 is 0 Å². The maximum atomic E-state index is 12.6. The van der Waals surface area contributed by atoms with Gasteiger partial charge >= 0.3 is 0 Å². The SMILES string of the molecule is CCc1c(C(=O)Nc2ccc(C)c(C)c2)nnn1-c1ccccc1. The molecule has 122 valence electrons. The van der Waals surface area contributed by atoms with Gasteiger partial charge in [0.1, 0.15) is 0 Å². The molecule has 24 heavy (non-hydrogen) atoms. The summed E-state index contributed by atoms with van der Waals surface area (Å²) in [6.45, 7) is 6.06. The summed E-state index contributed by atoms with van der Waals surface area (Å²) in [5.41, 5.74) is 5.14.